The Morgan fingerprint density at radius 2 is 1.95 bits per heavy atom. The Bertz CT molecular complexity index is 470. The molecule has 4 nitrogen and oxygen atoms in total. The molecule has 2 unspecified atom stereocenters. The maximum Gasteiger partial charge on any atom is 0.238 e. The molecule has 116 valence electrons. The highest BCUT2D eigenvalue weighted by molar-refractivity contribution is 5.81. The minimum absolute atomic E-state index is 0.0226. The Morgan fingerprint density at radius 3 is 2.52 bits per heavy atom. The monoisotopic (exact) mass is 290 g/mol. The van der Waals surface area contributed by atoms with E-state index >= 15 is 0 Å². The number of rotatable bonds is 6. The molecule has 0 saturated carbocycles. The van der Waals surface area contributed by atoms with E-state index in [-0.39, 0.29) is 18.1 Å². The van der Waals surface area contributed by atoms with Gasteiger partial charge in [0.1, 0.15) is 6.17 Å². The third kappa shape index (κ3) is 3.63. The number of methoxy groups -OCH3 is 1. The van der Waals surface area contributed by atoms with E-state index in [0.717, 1.165) is 12.0 Å². The van der Waals surface area contributed by atoms with Gasteiger partial charge in [-0.3, -0.25) is 10.1 Å². The molecule has 1 amide bonds. The Morgan fingerprint density at radius 1 is 1.29 bits per heavy atom. The van der Waals surface area contributed by atoms with Crippen molar-refractivity contribution < 1.29 is 9.53 Å². The van der Waals surface area contributed by atoms with Crippen LogP contribution in [-0.4, -0.2) is 37.1 Å². The molecule has 1 aromatic rings. The number of hydrogen-bond donors (Lipinski definition) is 1. The van der Waals surface area contributed by atoms with E-state index in [9.17, 15) is 4.79 Å². The number of carbonyl (C=O) groups is 1. The number of amides is 1. The lowest BCUT2D eigenvalue weighted by atomic mass is 10.0. The SMILES string of the molecule is COCCC(C)N1C(=O)CNC1c1ccc(C(C)C)cc1. The molecule has 0 aromatic heterocycles. The van der Waals surface area contributed by atoms with E-state index in [1.165, 1.54) is 5.56 Å². The Labute approximate surface area is 127 Å². The predicted molar refractivity (Wildman–Crippen MR) is 84.1 cm³/mol. The maximum atomic E-state index is 12.2. The van der Waals surface area contributed by atoms with E-state index < -0.39 is 0 Å². The van der Waals surface area contributed by atoms with Gasteiger partial charge in [-0.15, -0.1) is 0 Å². The van der Waals surface area contributed by atoms with E-state index in [0.29, 0.717) is 19.1 Å². The van der Waals surface area contributed by atoms with Crippen LogP contribution in [0.5, 0.6) is 0 Å². The largest absolute Gasteiger partial charge is 0.385 e. The molecular formula is C17H26N2O2. The van der Waals surface area contributed by atoms with Crippen molar-refractivity contribution in [2.45, 2.75) is 45.3 Å². The lowest BCUT2D eigenvalue weighted by Crippen LogP contribution is -2.38. The van der Waals surface area contributed by atoms with Crippen LogP contribution in [0.4, 0.5) is 0 Å². The first-order valence-corrected chi connectivity index (χ1v) is 7.68. The van der Waals surface area contributed by atoms with Gasteiger partial charge in [0.25, 0.3) is 0 Å². The summed E-state index contributed by atoms with van der Waals surface area (Å²) in [5, 5.41) is 3.31. The van der Waals surface area contributed by atoms with Crippen molar-refractivity contribution in [3.63, 3.8) is 0 Å². The molecule has 2 atom stereocenters. The summed E-state index contributed by atoms with van der Waals surface area (Å²) in [6.07, 6.45) is 0.829. The van der Waals surface area contributed by atoms with Crippen LogP contribution in [0, 0.1) is 0 Å². The first kappa shape index (κ1) is 16.0. The molecule has 1 saturated heterocycles. The number of nitrogens with zero attached hydrogens (tertiary/aromatic N) is 1. The molecule has 4 heteroatoms. The summed E-state index contributed by atoms with van der Waals surface area (Å²) < 4.78 is 5.13. The molecule has 1 aromatic carbocycles. The van der Waals surface area contributed by atoms with E-state index in [2.05, 4.69) is 50.4 Å². The molecule has 1 N–H and O–H groups in total. The highest BCUT2D eigenvalue weighted by atomic mass is 16.5. The molecule has 1 fully saturated rings. The Hall–Kier alpha value is -1.39. The summed E-state index contributed by atoms with van der Waals surface area (Å²) in [5.41, 5.74) is 2.47. The average Bonchev–Trinajstić information content (AvgIpc) is 2.86. The van der Waals surface area contributed by atoms with Gasteiger partial charge in [-0.2, -0.15) is 0 Å². The van der Waals surface area contributed by atoms with Crippen molar-refractivity contribution in [3.8, 4) is 0 Å². The molecule has 1 heterocycles. The maximum absolute atomic E-state index is 12.2. The van der Waals surface area contributed by atoms with Crippen LogP contribution in [0.25, 0.3) is 0 Å². The van der Waals surface area contributed by atoms with Crippen LogP contribution in [0.1, 0.15) is 50.4 Å². The topological polar surface area (TPSA) is 41.6 Å². The molecule has 0 radical (unpaired) electrons. The van der Waals surface area contributed by atoms with Crippen molar-refractivity contribution >= 4 is 5.91 Å². The van der Waals surface area contributed by atoms with Gasteiger partial charge >= 0.3 is 0 Å². The molecule has 0 aliphatic carbocycles. The van der Waals surface area contributed by atoms with E-state index in [1.807, 2.05) is 4.90 Å². The van der Waals surface area contributed by atoms with Crippen LogP contribution in [0.15, 0.2) is 24.3 Å². The zero-order valence-corrected chi connectivity index (χ0v) is 13.4. The van der Waals surface area contributed by atoms with Crippen molar-refractivity contribution in [3.05, 3.63) is 35.4 Å². The second-order valence-electron chi connectivity index (χ2n) is 6.04. The number of carbonyl (C=O) groups excluding carboxylic acids is 1. The summed E-state index contributed by atoms with van der Waals surface area (Å²) in [5.74, 6) is 0.686. The van der Waals surface area contributed by atoms with Crippen LogP contribution in [0.2, 0.25) is 0 Å². The first-order valence-electron chi connectivity index (χ1n) is 7.68. The van der Waals surface area contributed by atoms with Gasteiger partial charge in [-0.1, -0.05) is 38.1 Å². The first-order chi connectivity index (χ1) is 10.0. The van der Waals surface area contributed by atoms with E-state index in [1.54, 1.807) is 7.11 Å². The van der Waals surface area contributed by atoms with Crippen LogP contribution in [-0.2, 0) is 9.53 Å². The third-order valence-electron chi connectivity index (χ3n) is 4.15. The van der Waals surface area contributed by atoms with Gasteiger partial charge < -0.3 is 9.64 Å². The highest BCUT2D eigenvalue weighted by Crippen LogP contribution is 2.27. The standard InChI is InChI=1S/C17H26N2O2/c1-12(2)14-5-7-15(8-6-14)17-18-11-16(20)19(17)13(3)9-10-21-4/h5-8,12-13,17-18H,9-11H2,1-4H3. The molecule has 0 spiro atoms. The number of hydrogen-bond acceptors (Lipinski definition) is 3. The average molecular weight is 290 g/mol. The highest BCUT2D eigenvalue weighted by Gasteiger charge is 2.34. The third-order valence-corrected chi connectivity index (χ3v) is 4.15. The second-order valence-corrected chi connectivity index (χ2v) is 6.04. The zero-order chi connectivity index (χ0) is 15.4. The summed E-state index contributed by atoms with van der Waals surface area (Å²) in [6.45, 7) is 7.54. The van der Waals surface area contributed by atoms with Crippen LogP contribution < -0.4 is 5.32 Å². The minimum Gasteiger partial charge on any atom is -0.385 e. The van der Waals surface area contributed by atoms with Crippen LogP contribution in [0.3, 0.4) is 0 Å². The molecular weight excluding hydrogens is 264 g/mol. The van der Waals surface area contributed by atoms with Crippen molar-refractivity contribution in [2.24, 2.45) is 0 Å². The second kappa shape index (κ2) is 7.05. The lowest BCUT2D eigenvalue weighted by Gasteiger charge is -2.30. The van der Waals surface area contributed by atoms with Gasteiger partial charge in [-0.25, -0.2) is 0 Å². The number of ether oxygens (including phenoxy) is 1. The fourth-order valence-electron chi connectivity index (χ4n) is 2.79. The predicted octanol–water partition coefficient (Wildman–Crippen LogP) is 2.67. The van der Waals surface area contributed by atoms with Gasteiger partial charge in [0, 0.05) is 19.8 Å². The molecule has 21 heavy (non-hydrogen) atoms. The van der Waals surface area contributed by atoms with E-state index in [4.69, 9.17) is 4.74 Å². The van der Waals surface area contributed by atoms with Crippen molar-refractivity contribution in [1.29, 1.82) is 0 Å². The van der Waals surface area contributed by atoms with Gasteiger partial charge in [0.15, 0.2) is 0 Å². The van der Waals surface area contributed by atoms with Crippen LogP contribution >= 0.6 is 0 Å². The van der Waals surface area contributed by atoms with Gasteiger partial charge in [-0.05, 0) is 30.4 Å². The fraction of sp³-hybridized carbons (Fsp3) is 0.588. The summed E-state index contributed by atoms with van der Waals surface area (Å²) in [4.78, 5) is 14.1. The smallest absolute Gasteiger partial charge is 0.238 e. The van der Waals surface area contributed by atoms with Gasteiger partial charge in [0.05, 0.1) is 6.54 Å². The Kier molecular flexibility index (Phi) is 5.37. The number of nitrogens with one attached hydrogen (secondary N) is 1. The quantitative estimate of drug-likeness (QED) is 0.876. The summed E-state index contributed by atoms with van der Waals surface area (Å²) >= 11 is 0. The molecule has 0 bridgehead atoms. The zero-order valence-electron chi connectivity index (χ0n) is 13.4. The fourth-order valence-corrected chi connectivity index (χ4v) is 2.79. The lowest BCUT2D eigenvalue weighted by molar-refractivity contribution is -0.130. The molecule has 2 rings (SSSR count). The minimum atomic E-state index is -0.0226. The Balaban J connectivity index is 2.15. The van der Waals surface area contributed by atoms with Gasteiger partial charge in [0.2, 0.25) is 5.91 Å². The summed E-state index contributed by atoms with van der Waals surface area (Å²) in [7, 11) is 1.69. The summed E-state index contributed by atoms with van der Waals surface area (Å²) in [6, 6.07) is 8.73. The molecule has 1 aliphatic rings. The normalized spacial score (nSPS) is 20.3. The van der Waals surface area contributed by atoms with Crippen molar-refractivity contribution in [2.75, 3.05) is 20.3 Å². The van der Waals surface area contributed by atoms with Crippen molar-refractivity contribution in [1.82, 2.24) is 10.2 Å². The molecule has 1 aliphatic heterocycles. The number of benzene rings is 1.